The van der Waals surface area contributed by atoms with Crippen LogP contribution in [0.1, 0.15) is 33.0 Å². The van der Waals surface area contributed by atoms with Gasteiger partial charge in [-0.3, -0.25) is 4.79 Å². The lowest BCUT2D eigenvalue weighted by atomic mass is 9.89. The fourth-order valence-corrected chi connectivity index (χ4v) is 4.65. The Balaban J connectivity index is 1.51. The fraction of sp³-hybridized carbons (Fsp3) is 0.121. The number of nitrogens with zero attached hydrogens (tertiary/aromatic N) is 1. The van der Waals surface area contributed by atoms with E-state index < -0.39 is 0 Å². The van der Waals surface area contributed by atoms with Crippen LogP contribution in [-0.4, -0.2) is 27.0 Å². The normalized spacial score (nSPS) is 15.7. The van der Waals surface area contributed by atoms with Gasteiger partial charge in [-0.2, -0.15) is 0 Å². The molecule has 0 N–H and O–H groups in total. The van der Waals surface area contributed by atoms with Crippen LogP contribution in [-0.2, 0) is 0 Å². The van der Waals surface area contributed by atoms with E-state index in [0.29, 0.717) is 17.1 Å². The van der Waals surface area contributed by atoms with Crippen LogP contribution in [0.5, 0.6) is 17.2 Å². The maximum absolute atomic E-state index is 13.8. The van der Waals surface area contributed by atoms with E-state index in [2.05, 4.69) is 41.3 Å². The van der Waals surface area contributed by atoms with Gasteiger partial charge in [0.25, 0.3) is 0 Å². The molecule has 1 atom stereocenters. The molecule has 1 aliphatic carbocycles. The molecule has 4 heteroatoms. The Labute approximate surface area is 218 Å². The van der Waals surface area contributed by atoms with Gasteiger partial charge in [0.2, 0.25) is 0 Å². The highest BCUT2D eigenvalue weighted by molar-refractivity contribution is 6.17. The van der Waals surface area contributed by atoms with Crippen LogP contribution in [0.4, 0.5) is 5.69 Å². The Morgan fingerprint density at radius 3 is 2.16 bits per heavy atom. The first-order valence-electron chi connectivity index (χ1n) is 12.3. The van der Waals surface area contributed by atoms with Crippen LogP contribution in [0.15, 0.2) is 115 Å². The minimum absolute atomic E-state index is 0.0134. The van der Waals surface area contributed by atoms with Crippen molar-refractivity contribution in [3.8, 4) is 17.2 Å². The maximum Gasteiger partial charge on any atom is 0.194 e. The zero-order chi connectivity index (χ0) is 25.8. The Hall–Kier alpha value is -4.57. The van der Waals surface area contributed by atoms with E-state index in [4.69, 9.17) is 9.47 Å². The topological polar surface area (TPSA) is 38.8 Å². The van der Waals surface area contributed by atoms with Crippen molar-refractivity contribution in [3.63, 3.8) is 0 Å². The zero-order valence-electron chi connectivity index (χ0n) is 21.2. The number of Topliss-reactive ketones (excluding diaryl/α,β-unsaturated/α-hetero) is 1. The molecule has 0 spiro atoms. The van der Waals surface area contributed by atoms with Crippen molar-refractivity contribution >= 4 is 17.5 Å². The Kier molecular flexibility index (Phi) is 6.91. The summed E-state index contributed by atoms with van der Waals surface area (Å²) in [5.74, 6) is 1.78. The molecule has 4 aromatic carbocycles. The van der Waals surface area contributed by atoms with Gasteiger partial charge in [0.1, 0.15) is 17.2 Å². The molecule has 37 heavy (non-hydrogen) atoms. The van der Waals surface area contributed by atoms with E-state index in [1.54, 1.807) is 7.11 Å². The van der Waals surface area contributed by atoms with Crippen LogP contribution < -0.4 is 14.4 Å². The Bertz CT molecular complexity index is 1450. The number of carbonyl (C=O) groups excluding carboxylic acids is 1. The lowest BCUT2D eigenvalue weighted by Gasteiger charge is -2.14. The smallest absolute Gasteiger partial charge is 0.194 e. The minimum atomic E-state index is -0.163. The molecule has 4 nitrogen and oxygen atoms in total. The van der Waals surface area contributed by atoms with Crippen molar-refractivity contribution in [1.29, 1.82) is 0 Å². The molecular weight excluding hydrogens is 458 g/mol. The largest absolute Gasteiger partial charge is 0.497 e. The molecule has 0 bridgehead atoms. The second-order valence-electron chi connectivity index (χ2n) is 9.14. The third kappa shape index (κ3) is 5.05. The van der Waals surface area contributed by atoms with E-state index in [1.807, 2.05) is 93.0 Å². The molecule has 0 radical (unpaired) electrons. The Morgan fingerprint density at radius 2 is 1.49 bits per heavy atom. The van der Waals surface area contributed by atoms with E-state index in [0.717, 1.165) is 33.7 Å². The molecule has 0 saturated carbocycles. The van der Waals surface area contributed by atoms with Crippen molar-refractivity contribution in [3.05, 3.63) is 137 Å². The summed E-state index contributed by atoms with van der Waals surface area (Å²) in [6, 6.07) is 31.7. The van der Waals surface area contributed by atoms with Crippen LogP contribution in [0.25, 0.3) is 6.08 Å². The summed E-state index contributed by atoms with van der Waals surface area (Å²) in [5, 5.41) is 0. The minimum Gasteiger partial charge on any atom is -0.497 e. The van der Waals surface area contributed by atoms with Gasteiger partial charge in [-0.15, -0.1) is 0 Å². The van der Waals surface area contributed by atoms with Gasteiger partial charge < -0.3 is 14.4 Å². The van der Waals surface area contributed by atoms with Crippen molar-refractivity contribution < 1.29 is 14.3 Å². The number of fused-ring (bicyclic) bond motifs is 1. The summed E-state index contributed by atoms with van der Waals surface area (Å²) in [6.45, 7) is 0. The highest BCUT2D eigenvalue weighted by atomic mass is 16.5. The average Bonchev–Trinajstić information content (AvgIpc) is 3.22. The molecule has 0 saturated heterocycles. The molecule has 0 heterocycles. The summed E-state index contributed by atoms with van der Waals surface area (Å²) in [4.78, 5) is 15.9. The van der Waals surface area contributed by atoms with E-state index in [9.17, 15) is 4.79 Å². The van der Waals surface area contributed by atoms with Crippen LogP contribution >= 0.6 is 0 Å². The first-order valence-corrected chi connectivity index (χ1v) is 12.3. The number of carbonyl (C=O) groups is 1. The predicted octanol–water partition coefficient (Wildman–Crippen LogP) is 7.52. The van der Waals surface area contributed by atoms with Gasteiger partial charge in [0, 0.05) is 31.3 Å². The molecule has 5 rings (SSSR count). The van der Waals surface area contributed by atoms with Crippen molar-refractivity contribution in [1.82, 2.24) is 0 Å². The lowest BCUT2D eigenvalue weighted by Crippen LogP contribution is -2.07. The third-order valence-electron chi connectivity index (χ3n) is 6.56. The Morgan fingerprint density at radius 1 is 0.784 bits per heavy atom. The number of hydrogen-bond donors (Lipinski definition) is 0. The lowest BCUT2D eigenvalue weighted by molar-refractivity contribution is 0.103. The second kappa shape index (κ2) is 10.6. The van der Waals surface area contributed by atoms with Gasteiger partial charge in [0.15, 0.2) is 5.78 Å². The predicted molar refractivity (Wildman–Crippen MR) is 150 cm³/mol. The van der Waals surface area contributed by atoms with Crippen LogP contribution in [0, 0.1) is 0 Å². The quantitative estimate of drug-likeness (QED) is 0.253. The molecule has 0 aliphatic heterocycles. The molecule has 0 amide bonds. The SMILES string of the molecule is COc1ccc(Oc2cccc3c2C(=O)/C(=C/C=C/c2ccc(N(C)C)cc2)C3c2ccccc2)cc1. The number of benzene rings is 4. The number of rotatable bonds is 7. The fourth-order valence-electron chi connectivity index (χ4n) is 4.65. The first kappa shape index (κ1) is 24.1. The molecule has 0 aromatic heterocycles. The zero-order valence-corrected chi connectivity index (χ0v) is 21.2. The molecular formula is C33H29NO3. The van der Waals surface area contributed by atoms with Gasteiger partial charge >= 0.3 is 0 Å². The summed E-state index contributed by atoms with van der Waals surface area (Å²) < 4.78 is 11.4. The maximum atomic E-state index is 13.8. The number of methoxy groups -OCH3 is 1. The molecule has 0 fully saturated rings. The standard InChI is InChI=1S/C33H29NO3/c1-34(2)25-17-15-23(16-18-25)9-7-13-29-31(24-10-5-4-6-11-24)28-12-8-14-30(32(28)33(29)35)37-27-21-19-26(36-3)20-22-27/h4-22,31H,1-3H3/b9-7+,29-13+. The van der Waals surface area contributed by atoms with E-state index in [1.165, 1.54) is 0 Å². The van der Waals surface area contributed by atoms with Crippen LogP contribution in [0.3, 0.4) is 0 Å². The van der Waals surface area contributed by atoms with E-state index in [-0.39, 0.29) is 11.7 Å². The monoisotopic (exact) mass is 487 g/mol. The van der Waals surface area contributed by atoms with Crippen molar-refractivity contribution in [2.24, 2.45) is 0 Å². The van der Waals surface area contributed by atoms with Gasteiger partial charge in [-0.1, -0.05) is 72.8 Å². The molecule has 184 valence electrons. The average molecular weight is 488 g/mol. The number of anilines is 1. The third-order valence-corrected chi connectivity index (χ3v) is 6.56. The van der Waals surface area contributed by atoms with Gasteiger partial charge in [-0.05, 0) is 59.2 Å². The van der Waals surface area contributed by atoms with E-state index >= 15 is 0 Å². The number of allylic oxidation sites excluding steroid dienone is 3. The first-order chi connectivity index (χ1) is 18.0. The molecule has 4 aromatic rings. The molecule has 1 aliphatic rings. The summed E-state index contributed by atoms with van der Waals surface area (Å²) in [7, 11) is 5.67. The van der Waals surface area contributed by atoms with Gasteiger partial charge in [-0.25, -0.2) is 0 Å². The van der Waals surface area contributed by atoms with Crippen molar-refractivity contribution in [2.75, 3.05) is 26.1 Å². The van der Waals surface area contributed by atoms with Crippen LogP contribution in [0.2, 0.25) is 0 Å². The summed E-state index contributed by atoms with van der Waals surface area (Å²) in [5.41, 5.74) is 5.59. The highest BCUT2D eigenvalue weighted by Crippen LogP contribution is 2.46. The van der Waals surface area contributed by atoms with Gasteiger partial charge in [0.05, 0.1) is 12.7 Å². The molecule has 1 unspecified atom stereocenters. The number of ketones is 1. The van der Waals surface area contributed by atoms with Crippen molar-refractivity contribution in [2.45, 2.75) is 5.92 Å². The summed E-state index contributed by atoms with van der Waals surface area (Å²) in [6.07, 6.45) is 5.93. The highest BCUT2D eigenvalue weighted by Gasteiger charge is 2.37. The number of ether oxygens (including phenoxy) is 2. The second-order valence-corrected chi connectivity index (χ2v) is 9.14. The summed E-state index contributed by atoms with van der Waals surface area (Å²) >= 11 is 0. The number of hydrogen-bond acceptors (Lipinski definition) is 4.